The molecule has 3 aromatic rings. The molecule has 0 spiro atoms. The zero-order chi connectivity index (χ0) is 17.3. The summed E-state index contributed by atoms with van der Waals surface area (Å²) in [5.41, 5.74) is 0.877. The number of aromatic carboxylic acids is 1. The van der Waals surface area contributed by atoms with Gasteiger partial charge < -0.3 is 19.6 Å². The second-order valence-corrected chi connectivity index (χ2v) is 5.24. The van der Waals surface area contributed by atoms with Crippen molar-refractivity contribution in [3.05, 3.63) is 75.6 Å². The molecule has 0 unspecified atom stereocenters. The van der Waals surface area contributed by atoms with E-state index < -0.39 is 11.9 Å². The number of amides is 1. The van der Waals surface area contributed by atoms with Crippen molar-refractivity contribution in [2.45, 2.75) is 6.92 Å². The number of carbonyl (C=O) groups is 2. The molecule has 3 rings (SSSR count). The van der Waals surface area contributed by atoms with Crippen molar-refractivity contribution in [3.8, 4) is 0 Å². The first-order valence-corrected chi connectivity index (χ1v) is 7.12. The molecule has 24 heavy (non-hydrogen) atoms. The van der Waals surface area contributed by atoms with E-state index in [0.29, 0.717) is 22.2 Å². The second-order valence-electron chi connectivity index (χ2n) is 5.24. The van der Waals surface area contributed by atoms with Crippen molar-refractivity contribution in [2.24, 2.45) is 0 Å². The van der Waals surface area contributed by atoms with Crippen LogP contribution in [0.3, 0.4) is 0 Å². The van der Waals surface area contributed by atoms with Gasteiger partial charge in [0.1, 0.15) is 5.58 Å². The van der Waals surface area contributed by atoms with Gasteiger partial charge in [0.25, 0.3) is 5.91 Å². The van der Waals surface area contributed by atoms with E-state index >= 15 is 0 Å². The van der Waals surface area contributed by atoms with Crippen molar-refractivity contribution in [2.75, 3.05) is 5.32 Å². The normalized spacial score (nSPS) is 10.5. The molecule has 0 bridgehead atoms. The lowest BCUT2D eigenvalue weighted by Crippen LogP contribution is -2.23. The molecule has 0 saturated carbocycles. The van der Waals surface area contributed by atoms with Crippen molar-refractivity contribution < 1.29 is 19.1 Å². The molecule has 2 aromatic carbocycles. The monoisotopic (exact) mass is 322 g/mol. The van der Waals surface area contributed by atoms with Crippen LogP contribution < -0.4 is 15.9 Å². The third-order valence-electron chi connectivity index (χ3n) is 3.58. The third-order valence-corrected chi connectivity index (χ3v) is 3.58. The average Bonchev–Trinajstić information content (AvgIpc) is 2.56. The van der Waals surface area contributed by atoms with E-state index in [-0.39, 0.29) is 16.8 Å². The lowest BCUT2D eigenvalue weighted by atomic mass is 10.1. The Hall–Kier alpha value is -3.41. The van der Waals surface area contributed by atoms with Crippen LogP contribution in [-0.2, 0) is 0 Å². The van der Waals surface area contributed by atoms with Crippen LogP contribution in [-0.4, -0.2) is 11.9 Å². The molecule has 0 aliphatic heterocycles. The topological polar surface area (TPSA) is 99.4 Å². The number of carboxylic acids is 1. The largest absolute Gasteiger partial charge is 0.545 e. The van der Waals surface area contributed by atoms with E-state index in [1.54, 1.807) is 37.3 Å². The van der Waals surface area contributed by atoms with E-state index in [9.17, 15) is 19.5 Å². The summed E-state index contributed by atoms with van der Waals surface area (Å²) in [4.78, 5) is 35.3. The minimum absolute atomic E-state index is 0.0594. The van der Waals surface area contributed by atoms with Crippen molar-refractivity contribution in [1.29, 1.82) is 0 Å². The molecule has 0 aliphatic carbocycles. The van der Waals surface area contributed by atoms with E-state index in [2.05, 4.69) is 5.32 Å². The van der Waals surface area contributed by atoms with Gasteiger partial charge in [-0.2, -0.15) is 0 Å². The highest BCUT2D eigenvalue weighted by atomic mass is 16.4. The van der Waals surface area contributed by atoms with E-state index in [0.717, 1.165) is 6.07 Å². The van der Waals surface area contributed by atoms with Gasteiger partial charge in [0.2, 0.25) is 0 Å². The van der Waals surface area contributed by atoms with Gasteiger partial charge in [-0.05, 0) is 36.2 Å². The van der Waals surface area contributed by atoms with Gasteiger partial charge in [-0.15, -0.1) is 0 Å². The minimum atomic E-state index is -1.34. The number of hydrogen-bond donors (Lipinski definition) is 1. The molecule has 120 valence electrons. The number of benzene rings is 2. The Bertz CT molecular complexity index is 1020. The smallest absolute Gasteiger partial charge is 0.291 e. The van der Waals surface area contributed by atoms with E-state index in [1.807, 2.05) is 0 Å². The number of anilines is 1. The summed E-state index contributed by atoms with van der Waals surface area (Å²) in [5, 5.41) is 13.9. The van der Waals surface area contributed by atoms with Gasteiger partial charge in [0.05, 0.1) is 11.4 Å². The fraction of sp³-hybridized carbons (Fsp3) is 0.0556. The number of para-hydroxylation sites is 1. The van der Waals surface area contributed by atoms with E-state index in [1.165, 1.54) is 12.1 Å². The summed E-state index contributed by atoms with van der Waals surface area (Å²) in [7, 11) is 0. The van der Waals surface area contributed by atoms with Gasteiger partial charge >= 0.3 is 0 Å². The third kappa shape index (κ3) is 2.89. The van der Waals surface area contributed by atoms with Crippen LogP contribution in [0, 0.1) is 6.92 Å². The van der Waals surface area contributed by atoms with Crippen LogP contribution in [0.15, 0.2) is 57.7 Å². The summed E-state index contributed by atoms with van der Waals surface area (Å²) >= 11 is 0. The van der Waals surface area contributed by atoms with Crippen molar-refractivity contribution >= 4 is 28.5 Å². The quantitative estimate of drug-likeness (QED) is 0.791. The zero-order valence-corrected chi connectivity index (χ0v) is 12.7. The predicted molar refractivity (Wildman–Crippen MR) is 85.9 cm³/mol. The number of nitrogens with one attached hydrogen (secondary N) is 1. The highest BCUT2D eigenvalue weighted by Gasteiger charge is 2.14. The molecule has 0 radical (unpaired) electrons. The van der Waals surface area contributed by atoms with Crippen LogP contribution in [0.5, 0.6) is 0 Å². The number of hydrogen-bond acceptors (Lipinski definition) is 5. The van der Waals surface area contributed by atoms with Gasteiger partial charge in [-0.3, -0.25) is 9.59 Å². The lowest BCUT2D eigenvalue weighted by molar-refractivity contribution is -0.255. The average molecular weight is 322 g/mol. The molecule has 0 saturated heterocycles. The molecule has 6 heteroatoms. The molecule has 0 atom stereocenters. The van der Waals surface area contributed by atoms with Gasteiger partial charge in [-0.25, -0.2) is 0 Å². The molecule has 1 heterocycles. The molecule has 0 fully saturated rings. The van der Waals surface area contributed by atoms with Crippen molar-refractivity contribution in [1.82, 2.24) is 0 Å². The Balaban J connectivity index is 1.97. The van der Waals surface area contributed by atoms with Crippen LogP contribution in [0.2, 0.25) is 0 Å². The molecule has 1 N–H and O–H groups in total. The first-order valence-electron chi connectivity index (χ1n) is 7.12. The molecule has 6 nitrogen and oxygen atoms in total. The highest BCUT2D eigenvalue weighted by molar-refractivity contribution is 6.04. The lowest BCUT2D eigenvalue weighted by Gasteiger charge is -2.11. The number of aryl methyl sites for hydroxylation is 1. The van der Waals surface area contributed by atoms with Crippen LogP contribution in [0.1, 0.15) is 26.5 Å². The number of rotatable bonds is 3. The van der Waals surface area contributed by atoms with Gasteiger partial charge in [-0.1, -0.05) is 24.3 Å². The molecule has 0 aliphatic rings. The Kier molecular flexibility index (Phi) is 3.87. The maximum absolute atomic E-state index is 12.3. The van der Waals surface area contributed by atoms with Gasteiger partial charge in [0.15, 0.2) is 11.2 Å². The van der Waals surface area contributed by atoms with E-state index in [4.69, 9.17) is 4.42 Å². The van der Waals surface area contributed by atoms with Crippen LogP contribution in [0.4, 0.5) is 5.69 Å². The Morgan fingerprint density at radius 3 is 2.58 bits per heavy atom. The SMILES string of the molecule is Cc1ccc(C(=O)[O-])cc1NC(=O)c1cc(=O)c2ccccc2o1. The number of carbonyl (C=O) groups excluding carboxylic acids is 2. The predicted octanol–water partition coefficient (Wildman–Crippen LogP) is 1.72. The van der Waals surface area contributed by atoms with Crippen LogP contribution >= 0.6 is 0 Å². The zero-order valence-electron chi connectivity index (χ0n) is 12.7. The molecule has 1 aromatic heterocycles. The minimum Gasteiger partial charge on any atom is -0.545 e. The molecule has 1 amide bonds. The summed E-state index contributed by atoms with van der Waals surface area (Å²) in [6.45, 7) is 1.71. The molecular weight excluding hydrogens is 310 g/mol. The van der Waals surface area contributed by atoms with Crippen molar-refractivity contribution in [3.63, 3.8) is 0 Å². The molecular formula is C18H12NO5-. The fourth-order valence-corrected chi connectivity index (χ4v) is 2.28. The highest BCUT2D eigenvalue weighted by Crippen LogP contribution is 2.18. The van der Waals surface area contributed by atoms with Gasteiger partial charge in [0, 0.05) is 11.8 Å². The summed E-state index contributed by atoms with van der Waals surface area (Å²) in [6.07, 6.45) is 0. The maximum atomic E-state index is 12.3. The Labute approximate surface area is 136 Å². The fourth-order valence-electron chi connectivity index (χ4n) is 2.28. The summed E-state index contributed by atoms with van der Waals surface area (Å²) in [5.74, 6) is -2.14. The second kappa shape index (κ2) is 6.00. The number of carboxylic acid groups (broad SMARTS) is 1. The summed E-state index contributed by atoms with van der Waals surface area (Å²) in [6, 6.07) is 11.9. The summed E-state index contributed by atoms with van der Waals surface area (Å²) < 4.78 is 5.45. The van der Waals surface area contributed by atoms with Crippen LogP contribution in [0.25, 0.3) is 11.0 Å². The first kappa shape index (κ1) is 15.5. The standard InChI is InChI=1S/C18H13NO5/c1-10-6-7-11(18(22)23)8-13(10)19-17(21)16-9-14(20)12-4-2-3-5-15(12)24-16/h2-9H,1H3,(H,19,21)(H,22,23)/p-1. The Morgan fingerprint density at radius 2 is 1.83 bits per heavy atom. The first-order chi connectivity index (χ1) is 11.5. The maximum Gasteiger partial charge on any atom is 0.291 e. The Morgan fingerprint density at radius 1 is 1.08 bits per heavy atom. The number of fused-ring (bicyclic) bond motifs is 1.